The topological polar surface area (TPSA) is 75.4 Å². The van der Waals surface area contributed by atoms with Crippen LogP contribution in [0.15, 0.2) is 48.5 Å². The fraction of sp³-hybridized carbons (Fsp3) is 0.0667. The Morgan fingerprint density at radius 2 is 1.70 bits per heavy atom. The van der Waals surface area contributed by atoms with Crippen LogP contribution in [0, 0.1) is 0 Å². The first-order valence-electron chi connectivity index (χ1n) is 6.23. The molecule has 0 saturated heterocycles. The summed E-state index contributed by atoms with van der Waals surface area (Å²) < 4.78 is 0. The number of nitrogens with two attached hydrogens (primary N) is 1. The van der Waals surface area contributed by atoms with Gasteiger partial charge >= 0.3 is 6.03 Å². The van der Waals surface area contributed by atoms with Gasteiger partial charge < -0.3 is 5.73 Å². The van der Waals surface area contributed by atoms with E-state index in [1.165, 1.54) is 0 Å². The maximum Gasteiger partial charge on any atom is 0.331 e. The molecule has 0 atom stereocenters. The zero-order valence-electron chi connectivity index (χ0n) is 10.7. The summed E-state index contributed by atoms with van der Waals surface area (Å²) in [6.07, 6.45) is 0.296. The Hall–Kier alpha value is -2.82. The maximum atomic E-state index is 12.3. The second kappa shape index (κ2) is 4.70. The lowest BCUT2D eigenvalue weighted by molar-refractivity contribution is 0.0994. The molecule has 2 aromatic carbocycles. The SMILES string of the molecule is NC(=O)NN1c2ccccc2CC(=O)c2ccccc21. The van der Waals surface area contributed by atoms with E-state index in [-0.39, 0.29) is 5.78 Å². The second-order valence-corrected chi connectivity index (χ2v) is 4.56. The number of primary amides is 1. The van der Waals surface area contributed by atoms with E-state index < -0.39 is 6.03 Å². The average molecular weight is 267 g/mol. The van der Waals surface area contributed by atoms with Gasteiger partial charge in [0.2, 0.25) is 0 Å². The van der Waals surface area contributed by atoms with Gasteiger partial charge in [0, 0.05) is 12.0 Å². The third-order valence-electron chi connectivity index (χ3n) is 3.25. The van der Waals surface area contributed by atoms with E-state index in [2.05, 4.69) is 5.43 Å². The zero-order valence-corrected chi connectivity index (χ0v) is 10.7. The summed E-state index contributed by atoms with van der Waals surface area (Å²) in [5.74, 6) is 0.0156. The van der Waals surface area contributed by atoms with Gasteiger partial charge in [0.05, 0.1) is 11.4 Å². The summed E-state index contributed by atoms with van der Waals surface area (Å²) in [5, 5.41) is 1.57. The smallest absolute Gasteiger partial charge is 0.331 e. The predicted octanol–water partition coefficient (Wildman–Crippen LogP) is 2.15. The fourth-order valence-electron chi connectivity index (χ4n) is 2.41. The second-order valence-electron chi connectivity index (χ2n) is 4.56. The molecule has 0 aliphatic carbocycles. The van der Waals surface area contributed by atoms with Crippen LogP contribution >= 0.6 is 0 Å². The van der Waals surface area contributed by atoms with Gasteiger partial charge in [-0.1, -0.05) is 30.3 Å². The minimum Gasteiger partial charge on any atom is -0.350 e. The number of carbonyl (C=O) groups excluding carboxylic acids is 2. The summed E-state index contributed by atoms with van der Waals surface area (Å²) in [7, 11) is 0. The molecule has 0 unspecified atom stereocenters. The third kappa shape index (κ3) is 1.99. The number of rotatable bonds is 1. The summed E-state index contributed by atoms with van der Waals surface area (Å²) in [6, 6.07) is 13.9. The van der Waals surface area contributed by atoms with E-state index in [0.29, 0.717) is 17.7 Å². The van der Waals surface area contributed by atoms with Crippen molar-refractivity contribution in [3.8, 4) is 0 Å². The molecule has 5 heteroatoms. The van der Waals surface area contributed by atoms with Gasteiger partial charge in [0.15, 0.2) is 5.78 Å². The Morgan fingerprint density at radius 3 is 2.45 bits per heavy atom. The molecular formula is C15H13N3O2. The van der Waals surface area contributed by atoms with Gasteiger partial charge in [-0.2, -0.15) is 0 Å². The number of hydrazine groups is 1. The van der Waals surface area contributed by atoms with E-state index in [1.54, 1.807) is 23.2 Å². The Bertz CT molecular complexity index is 697. The number of anilines is 2. The lowest BCUT2D eigenvalue weighted by Gasteiger charge is -2.25. The molecule has 0 radical (unpaired) electrons. The van der Waals surface area contributed by atoms with Crippen molar-refractivity contribution >= 4 is 23.2 Å². The van der Waals surface area contributed by atoms with E-state index in [1.807, 2.05) is 30.3 Å². The van der Waals surface area contributed by atoms with Crippen LogP contribution in [0.4, 0.5) is 16.2 Å². The molecule has 2 amide bonds. The number of fused-ring (bicyclic) bond motifs is 2. The molecule has 1 heterocycles. The molecular weight excluding hydrogens is 254 g/mol. The van der Waals surface area contributed by atoms with Gasteiger partial charge in [0.1, 0.15) is 0 Å². The molecule has 5 nitrogen and oxygen atoms in total. The standard InChI is InChI=1S/C15H13N3O2/c16-15(20)17-18-12-7-3-1-5-10(12)9-14(19)11-6-2-4-8-13(11)18/h1-8H,9H2,(H3,16,17,20). The lowest BCUT2D eigenvalue weighted by Crippen LogP contribution is -2.42. The van der Waals surface area contributed by atoms with Gasteiger partial charge in [-0.05, 0) is 23.8 Å². The molecule has 0 bridgehead atoms. The molecule has 3 N–H and O–H groups in total. The molecule has 3 rings (SSSR count). The van der Waals surface area contributed by atoms with Crippen molar-refractivity contribution in [3.05, 3.63) is 59.7 Å². The fourth-order valence-corrected chi connectivity index (χ4v) is 2.41. The van der Waals surface area contributed by atoms with Crippen LogP contribution in [0.5, 0.6) is 0 Å². The Morgan fingerprint density at radius 1 is 1.05 bits per heavy atom. The summed E-state index contributed by atoms with van der Waals surface area (Å²) in [4.78, 5) is 23.6. The number of amides is 2. The minimum absolute atomic E-state index is 0.0156. The highest BCUT2D eigenvalue weighted by atomic mass is 16.2. The lowest BCUT2D eigenvalue weighted by atomic mass is 10.0. The van der Waals surface area contributed by atoms with Gasteiger partial charge in [-0.3, -0.25) is 9.80 Å². The number of carbonyl (C=O) groups is 2. The van der Waals surface area contributed by atoms with E-state index >= 15 is 0 Å². The summed E-state index contributed by atoms with van der Waals surface area (Å²) >= 11 is 0. The Kier molecular flexibility index (Phi) is 2.87. The quantitative estimate of drug-likeness (QED) is 0.831. The highest BCUT2D eigenvalue weighted by Gasteiger charge is 2.25. The highest BCUT2D eigenvalue weighted by molar-refractivity contribution is 6.05. The van der Waals surface area contributed by atoms with Gasteiger partial charge in [-0.25, -0.2) is 10.2 Å². The van der Waals surface area contributed by atoms with Gasteiger partial charge in [-0.15, -0.1) is 0 Å². The first kappa shape index (κ1) is 12.2. The Balaban J connectivity index is 2.23. The third-order valence-corrected chi connectivity index (χ3v) is 3.25. The van der Waals surface area contributed by atoms with Crippen molar-refractivity contribution in [2.45, 2.75) is 6.42 Å². The van der Waals surface area contributed by atoms with Crippen LogP contribution in [-0.4, -0.2) is 11.8 Å². The van der Waals surface area contributed by atoms with Crippen molar-refractivity contribution in [2.75, 3.05) is 5.01 Å². The number of Topliss-reactive ketones (excluding diaryl/α,β-unsaturated/α-hetero) is 1. The van der Waals surface area contributed by atoms with Crippen LogP contribution in [0.1, 0.15) is 15.9 Å². The molecule has 0 spiro atoms. The number of benzene rings is 2. The van der Waals surface area contributed by atoms with Crippen LogP contribution in [0.2, 0.25) is 0 Å². The number of hydrogen-bond acceptors (Lipinski definition) is 3. The molecule has 1 aliphatic rings. The molecule has 0 aromatic heterocycles. The molecule has 100 valence electrons. The molecule has 1 aliphatic heterocycles. The largest absolute Gasteiger partial charge is 0.350 e. The van der Waals surface area contributed by atoms with Crippen molar-refractivity contribution in [3.63, 3.8) is 0 Å². The van der Waals surface area contributed by atoms with Crippen molar-refractivity contribution < 1.29 is 9.59 Å². The monoisotopic (exact) mass is 267 g/mol. The first-order chi connectivity index (χ1) is 9.66. The predicted molar refractivity (Wildman–Crippen MR) is 75.8 cm³/mol. The normalized spacial score (nSPS) is 13.2. The molecule has 0 saturated carbocycles. The molecule has 20 heavy (non-hydrogen) atoms. The number of ketones is 1. The first-order valence-corrected chi connectivity index (χ1v) is 6.23. The number of urea groups is 1. The number of para-hydroxylation sites is 2. The zero-order chi connectivity index (χ0) is 14.1. The van der Waals surface area contributed by atoms with Crippen LogP contribution in [-0.2, 0) is 6.42 Å². The summed E-state index contributed by atoms with van der Waals surface area (Å²) in [5.41, 5.74) is 10.6. The summed E-state index contributed by atoms with van der Waals surface area (Å²) in [6.45, 7) is 0. The molecule has 0 fully saturated rings. The van der Waals surface area contributed by atoms with Crippen LogP contribution in [0.3, 0.4) is 0 Å². The van der Waals surface area contributed by atoms with E-state index in [0.717, 1.165) is 11.3 Å². The highest BCUT2D eigenvalue weighted by Crippen LogP contribution is 2.34. The van der Waals surface area contributed by atoms with Crippen molar-refractivity contribution in [1.82, 2.24) is 5.43 Å². The molecule has 2 aromatic rings. The Labute approximate surface area is 116 Å². The van der Waals surface area contributed by atoms with Crippen molar-refractivity contribution in [2.24, 2.45) is 5.73 Å². The minimum atomic E-state index is -0.677. The van der Waals surface area contributed by atoms with Crippen molar-refractivity contribution in [1.29, 1.82) is 0 Å². The maximum absolute atomic E-state index is 12.3. The van der Waals surface area contributed by atoms with Gasteiger partial charge in [0.25, 0.3) is 0 Å². The number of nitrogens with zero attached hydrogens (tertiary/aromatic N) is 1. The number of hydrogen-bond donors (Lipinski definition) is 2. The van der Waals surface area contributed by atoms with Crippen LogP contribution in [0.25, 0.3) is 0 Å². The van der Waals surface area contributed by atoms with E-state index in [4.69, 9.17) is 5.73 Å². The number of nitrogens with one attached hydrogen (secondary N) is 1. The van der Waals surface area contributed by atoms with Crippen LogP contribution < -0.4 is 16.2 Å². The van der Waals surface area contributed by atoms with E-state index in [9.17, 15) is 9.59 Å². The average Bonchev–Trinajstić information content (AvgIpc) is 2.55.